The molecule has 0 unspecified atom stereocenters. The highest BCUT2D eigenvalue weighted by atomic mass is 31.2. The number of rotatable bonds is 7. The summed E-state index contributed by atoms with van der Waals surface area (Å²) in [6, 6.07) is 9.67. The molecule has 0 fully saturated rings. The van der Waals surface area contributed by atoms with E-state index >= 15 is 0 Å². The van der Waals surface area contributed by atoms with E-state index in [4.69, 9.17) is 14.8 Å². The fourth-order valence-electron chi connectivity index (χ4n) is 1.56. The monoisotopic (exact) mass is 257 g/mol. The molecule has 0 spiro atoms. The first-order valence-electron chi connectivity index (χ1n) is 5.80. The quantitative estimate of drug-likeness (QED) is 0.763. The molecule has 96 valence electrons. The molecule has 0 aliphatic heterocycles. The van der Waals surface area contributed by atoms with Gasteiger partial charge in [0.05, 0.1) is 13.2 Å². The number of nitrogens with two attached hydrogens (primary N) is 1. The van der Waals surface area contributed by atoms with E-state index in [0.29, 0.717) is 19.6 Å². The lowest BCUT2D eigenvalue weighted by Crippen LogP contribution is -2.25. The summed E-state index contributed by atoms with van der Waals surface area (Å²) >= 11 is 0. The Morgan fingerprint density at radius 1 is 1.18 bits per heavy atom. The maximum atomic E-state index is 12.3. The minimum atomic E-state index is -3.20. The van der Waals surface area contributed by atoms with E-state index in [1.807, 2.05) is 30.3 Å². The van der Waals surface area contributed by atoms with Crippen molar-refractivity contribution in [2.75, 3.05) is 13.2 Å². The Hall–Kier alpha value is -0.670. The predicted molar refractivity (Wildman–Crippen MR) is 69.0 cm³/mol. The van der Waals surface area contributed by atoms with Gasteiger partial charge in [0.1, 0.15) is 5.78 Å². The smallest absolute Gasteiger partial charge is 0.317 e. The van der Waals surface area contributed by atoms with E-state index in [9.17, 15) is 4.57 Å². The van der Waals surface area contributed by atoms with Gasteiger partial charge in [-0.2, -0.15) is 0 Å². The zero-order valence-corrected chi connectivity index (χ0v) is 11.2. The van der Waals surface area contributed by atoms with Gasteiger partial charge in [-0.25, -0.2) is 0 Å². The molecule has 0 saturated carbocycles. The Kier molecular flexibility index (Phi) is 5.86. The molecule has 0 aliphatic carbocycles. The summed E-state index contributed by atoms with van der Waals surface area (Å²) in [6.07, 6.45) is 0.484. The molecule has 0 amide bonds. The van der Waals surface area contributed by atoms with Crippen LogP contribution < -0.4 is 5.73 Å². The zero-order valence-electron chi connectivity index (χ0n) is 10.3. The third kappa shape index (κ3) is 4.25. The van der Waals surface area contributed by atoms with Gasteiger partial charge in [0.25, 0.3) is 0 Å². The van der Waals surface area contributed by atoms with Crippen molar-refractivity contribution in [3.8, 4) is 0 Å². The summed E-state index contributed by atoms with van der Waals surface area (Å²) in [6.45, 7) is 4.22. The lowest BCUT2D eigenvalue weighted by molar-refractivity contribution is 0.212. The zero-order chi connectivity index (χ0) is 12.7. The first-order valence-corrected chi connectivity index (χ1v) is 7.42. The number of hydrogen-bond acceptors (Lipinski definition) is 4. The minimum Gasteiger partial charge on any atom is -0.317 e. The van der Waals surface area contributed by atoms with E-state index in [1.165, 1.54) is 0 Å². The Morgan fingerprint density at radius 2 is 1.71 bits per heavy atom. The molecule has 1 aromatic rings. The second-order valence-electron chi connectivity index (χ2n) is 3.63. The van der Waals surface area contributed by atoms with Crippen LogP contribution in [0.3, 0.4) is 0 Å². The second-order valence-corrected chi connectivity index (χ2v) is 5.89. The lowest BCUT2D eigenvalue weighted by Gasteiger charge is -2.23. The predicted octanol–water partition coefficient (Wildman–Crippen LogP) is 2.78. The Balaban J connectivity index is 2.72. The van der Waals surface area contributed by atoms with Gasteiger partial charge in [-0.3, -0.25) is 4.57 Å². The van der Waals surface area contributed by atoms with Gasteiger partial charge in [-0.1, -0.05) is 30.3 Å². The van der Waals surface area contributed by atoms with Crippen LogP contribution in [-0.2, 0) is 20.0 Å². The van der Waals surface area contributed by atoms with Gasteiger partial charge in [0.2, 0.25) is 0 Å². The fraction of sp³-hybridized carbons (Fsp3) is 0.500. The number of benzene rings is 1. The molecular formula is C12H20NO3P. The van der Waals surface area contributed by atoms with Crippen molar-refractivity contribution in [1.82, 2.24) is 0 Å². The normalized spacial score (nSPS) is 13.6. The highest BCUT2D eigenvalue weighted by Crippen LogP contribution is 2.51. The maximum absolute atomic E-state index is 12.3. The summed E-state index contributed by atoms with van der Waals surface area (Å²) in [5.74, 6) is -0.621. The molecule has 2 N–H and O–H groups in total. The third-order valence-corrected chi connectivity index (χ3v) is 4.54. The Labute approximate surface area is 103 Å². The molecule has 4 nitrogen and oxygen atoms in total. The lowest BCUT2D eigenvalue weighted by atomic mass is 10.2. The van der Waals surface area contributed by atoms with Crippen LogP contribution in [0.15, 0.2) is 30.3 Å². The van der Waals surface area contributed by atoms with E-state index in [-0.39, 0.29) is 0 Å². The van der Waals surface area contributed by atoms with Crippen molar-refractivity contribution < 1.29 is 13.6 Å². The van der Waals surface area contributed by atoms with Crippen molar-refractivity contribution in [2.24, 2.45) is 5.73 Å². The molecule has 0 bridgehead atoms. The molecule has 1 atom stereocenters. The molecular weight excluding hydrogens is 237 g/mol. The highest BCUT2D eigenvalue weighted by Gasteiger charge is 2.32. The van der Waals surface area contributed by atoms with Gasteiger partial charge in [0, 0.05) is 0 Å². The van der Waals surface area contributed by atoms with Gasteiger partial charge in [0.15, 0.2) is 0 Å². The third-order valence-electron chi connectivity index (χ3n) is 2.31. The minimum absolute atomic E-state index is 0.333. The summed E-state index contributed by atoms with van der Waals surface area (Å²) in [4.78, 5) is 0. The topological polar surface area (TPSA) is 61.5 Å². The maximum Gasteiger partial charge on any atom is 0.347 e. The van der Waals surface area contributed by atoms with Gasteiger partial charge >= 0.3 is 7.60 Å². The molecule has 0 heterocycles. The molecule has 0 radical (unpaired) electrons. The van der Waals surface area contributed by atoms with Crippen LogP contribution in [-0.4, -0.2) is 19.0 Å². The van der Waals surface area contributed by atoms with Crippen LogP contribution in [0.2, 0.25) is 0 Å². The van der Waals surface area contributed by atoms with Crippen LogP contribution in [0.4, 0.5) is 0 Å². The summed E-state index contributed by atoms with van der Waals surface area (Å²) in [5.41, 5.74) is 6.97. The molecule has 17 heavy (non-hydrogen) atoms. The Bertz CT molecular complexity index is 359. The number of hydrogen-bond donors (Lipinski definition) is 1. The van der Waals surface area contributed by atoms with Crippen molar-refractivity contribution >= 4 is 7.60 Å². The first-order chi connectivity index (χ1) is 8.12. The Morgan fingerprint density at radius 3 is 2.18 bits per heavy atom. The molecule has 5 heteroatoms. The molecule has 1 rings (SSSR count). The van der Waals surface area contributed by atoms with Gasteiger partial charge < -0.3 is 14.8 Å². The highest BCUT2D eigenvalue weighted by molar-refractivity contribution is 7.54. The average Bonchev–Trinajstić information content (AvgIpc) is 2.31. The summed E-state index contributed by atoms with van der Waals surface area (Å²) < 4.78 is 22.8. The van der Waals surface area contributed by atoms with Gasteiger partial charge in [-0.15, -0.1) is 0 Å². The molecule has 1 aromatic carbocycles. The first kappa shape index (κ1) is 14.4. The average molecular weight is 257 g/mol. The van der Waals surface area contributed by atoms with Crippen LogP contribution in [0.1, 0.15) is 19.4 Å². The largest absolute Gasteiger partial charge is 0.347 e. The summed E-state index contributed by atoms with van der Waals surface area (Å²) in [7, 11) is -3.20. The van der Waals surface area contributed by atoms with E-state index < -0.39 is 13.4 Å². The van der Waals surface area contributed by atoms with Crippen molar-refractivity contribution in [1.29, 1.82) is 0 Å². The van der Waals surface area contributed by atoms with Crippen LogP contribution >= 0.6 is 7.60 Å². The van der Waals surface area contributed by atoms with Gasteiger partial charge in [-0.05, 0) is 25.8 Å². The fourth-order valence-corrected chi connectivity index (χ4v) is 3.17. The van der Waals surface area contributed by atoms with Crippen molar-refractivity contribution in [2.45, 2.75) is 26.1 Å². The van der Waals surface area contributed by atoms with Crippen LogP contribution in [0, 0.1) is 0 Å². The molecule has 0 saturated heterocycles. The SMILES string of the molecule is CCOP(=O)(OCC)[C@H](N)Cc1ccccc1. The van der Waals surface area contributed by atoms with Crippen LogP contribution in [0.5, 0.6) is 0 Å². The second kappa shape index (κ2) is 6.92. The van der Waals surface area contributed by atoms with Crippen molar-refractivity contribution in [3.05, 3.63) is 35.9 Å². The molecule has 0 aliphatic rings. The van der Waals surface area contributed by atoms with E-state index in [2.05, 4.69) is 0 Å². The van der Waals surface area contributed by atoms with E-state index in [0.717, 1.165) is 5.56 Å². The standard InChI is InChI=1S/C12H20NO3P/c1-3-15-17(14,16-4-2)12(13)10-11-8-6-5-7-9-11/h5-9,12H,3-4,10,13H2,1-2H3/t12-/m0/s1. The van der Waals surface area contributed by atoms with Crippen LogP contribution in [0.25, 0.3) is 0 Å². The van der Waals surface area contributed by atoms with Crippen molar-refractivity contribution in [3.63, 3.8) is 0 Å². The molecule has 0 aromatic heterocycles. The van der Waals surface area contributed by atoms with E-state index in [1.54, 1.807) is 13.8 Å². The summed E-state index contributed by atoms with van der Waals surface area (Å²) in [5, 5.41) is 0.